The van der Waals surface area contributed by atoms with Gasteiger partial charge in [0.05, 0.1) is 6.54 Å². The van der Waals surface area contributed by atoms with Gasteiger partial charge in [-0.2, -0.15) is 4.98 Å². The molecule has 1 aliphatic rings. The van der Waals surface area contributed by atoms with Crippen molar-refractivity contribution in [3.05, 3.63) is 35.7 Å². The van der Waals surface area contributed by atoms with E-state index in [1.165, 1.54) is 18.4 Å². The number of aryl methyl sites for hydroxylation is 1. The minimum absolute atomic E-state index is 0. The van der Waals surface area contributed by atoms with E-state index in [1.807, 2.05) is 19.2 Å². The van der Waals surface area contributed by atoms with Crippen molar-refractivity contribution in [2.75, 3.05) is 20.1 Å². The van der Waals surface area contributed by atoms with E-state index in [9.17, 15) is 0 Å². The molecule has 2 heterocycles. The minimum atomic E-state index is 0. The number of hydrogen-bond donors (Lipinski definition) is 1. The van der Waals surface area contributed by atoms with Gasteiger partial charge in [0.2, 0.25) is 11.7 Å². The summed E-state index contributed by atoms with van der Waals surface area (Å²) in [5.74, 6) is 1.37. The Balaban J connectivity index is 0.00000176. The number of benzene rings is 1. The molecule has 1 saturated heterocycles. The van der Waals surface area contributed by atoms with Crippen molar-refractivity contribution in [2.45, 2.75) is 32.4 Å². The van der Waals surface area contributed by atoms with E-state index in [4.69, 9.17) is 4.52 Å². The van der Waals surface area contributed by atoms with Crippen LogP contribution in [-0.2, 0) is 6.54 Å². The minimum Gasteiger partial charge on any atom is -0.338 e. The van der Waals surface area contributed by atoms with Crippen molar-refractivity contribution in [1.29, 1.82) is 0 Å². The van der Waals surface area contributed by atoms with E-state index in [2.05, 4.69) is 39.4 Å². The van der Waals surface area contributed by atoms with Gasteiger partial charge in [-0.1, -0.05) is 28.9 Å². The second-order valence-corrected chi connectivity index (χ2v) is 5.74. The lowest BCUT2D eigenvalue weighted by atomic mass is 10.1. The zero-order valence-corrected chi connectivity index (χ0v) is 13.9. The van der Waals surface area contributed by atoms with Crippen molar-refractivity contribution in [3.63, 3.8) is 0 Å². The Morgan fingerprint density at radius 3 is 3.05 bits per heavy atom. The third-order valence-corrected chi connectivity index (χ3v) is 4.02. The Kier molecular flexibility index (Phi) is 5.94. The first-order valence-corrected chi connectivity index (χ1v) is 7.54. The van der Waals surface area contributed by atoms with Gasteiger partial charge < -0.3 is 9.84 Å². The maximum atomic E-state index is 5.41. The van der Waals surface area contributed by atoms with Crippen LogP contribution >= 0.6 is 12.4 Å². The molecule has 0 aliphatic carbocycles. The third kappa shape index (κ3) is 4.06. The van der Waals surface area contributed by atoms with Gasteiger partial charge in [0.1, 0.15) is 0 Å². The van der Waals surface area contributed by atoms with Gasteiger partial charge in [-0.25, -0.2) is 0 Å². The maximum absolute atomic E-state index is 5.41. The maximum Gasteiger partial charge on any atom is 0.241 e. The highest BCUT2D eigenvalue weighted by molar-refractivity contribution is 5.85. The molecule has 1 atom stereocenters. The van der Waals surface area contributed by atoms with Crippen molar-refractivity contribution < 1.29 is 4.52 Å². The van der Waals surface area contributed by atoms with Crippen molar-refractivity contribution >= 4 is 12.4 Å². The predicted octanol–water partition coefficient (Wildman–Crippen LogP) is 2.65. The number of likely N-dealkylation sites (N-methyl/N-ethyl adjacent to an activating group) is 1. The van der Waals surface area contributed by atoms with Crippen LogP contribution in [0.25, 0.3) is 11.4 Å². The Labute approximate surface area is 137 Å². The number of hydrogen-bond acceptors (Lipinski definition) is 5. The molecule has 1 aromatic carbocycles. The summed E-state index contributed by atoms with van der Waals surface area (Å²) in [5.41, 5.74) is 2.21. The number of piperidine rings is 1. The monoisotopic (exact) mass is 322 g/mol. The van der Waals surface area contributed by atoms with Crippen LogP contribution in [0.15, 0.2) is 28.8 Å². The standard InChI is InChI=1S/C16H22N4O.ClH/c1-12-5-3-6-13(9-12)16-18-15(21-19-16)11-20-8-4-7-14(10-20)17-2;/h3,5-6,9,14,17H,4,7-8,10-11H2,1-2H3;1H. The van der Waals surface area contributed by atoms with Gasteiger partial charge in [-0.05, 0) is 39.4 Å². The fraction of sp³-hybridized carbons (Fsp3) is 0.500. The van der Waals surface area contributed by atoms with Crippen LogP contribution < -0.4 is 5.32 Å². The van der Waals surface area contributed by atoms with E-state index >= 15 is 0 Å². The van der Waals surface area contributed by atoms with Gasteiger partial charge in [-0.15, -0.1) is 12.4 Å². The van der Waals surface area contributed by atoms with E-state index < -0.39 is 0 Å². The summed E-state index contributed by atoms with van der Waals surface area (Å²) in [4.78, 5) is 6.90. The SMILES string of the molecule is CNC1CCCN(Cc2nc(-c3cccc(C)c3)no2)C1.Cl. The lowest BCUT2D eigenvalue weighted by molar-refractivity contribution is 0.167. The molecule has 6 heteroatoms. The largest absolute Gasteiger partial charge is 0.338 e. The number of nitrogens with one attached hydrogen (secondary N) is 1. The number of halogens is 1. The number of aromatic nitrogens is 2. The van der Waals surface area contributed by atoms with Crippen LogP contribution in [0.3, 0.4) is 0 Å². The summed E-state index contributed by atoms with van der Waals surface area (Å²) >= 11 is 0. The van der Waals surface area contributed by atoms with Crippen LogP contribution in [0.1, 0.15) is 24.3 Å². The third-order valence-electron chi connectivity index (χ3n) is 4.02. The summed E-state index contributed by atoms with van der Waals surface area (Å²) in [6, 6.07) is 8.74. The lowest BCUT2D eigenvalue weighted by Gasteiger charge is -2.31. The van der Waals surface area contributed by atoms with Crippen molar-refractivity contribution in [1.82, 2.24) is 20.4 Å². The summed E-state index contributed by atoms with van der Waals surface area (Å²) in [5, 5.41) is 7.45. The van der Waals surface area contributed by atoms with E-state index in [0.717, 1.165) is 25.2 Å². The predicted molar refractivity (Wildman–Crippen MR) is 89.1 cm³/mol. The highest BCUT2D eigenvalue weighted by Crippen LogP contribution is 2.18. The molecule has 5 nitrogen and oxygen atoms in total. The first-order valence-electron chi connectivity index (χ1n) is 7.54. The molecule has 0 saturated carbocycles. The molecular formula is C16H23ClN4O. The first-order chi connectivity index (χ1) is 10.2. The van der Waals surface area contributed by atoms with Gasteiger partial charge in [-0.3, -0.25) is 4.90 Å². The number of rotatable bonds is 4. The molecule has 0 spiro atoms. The van der Waals surface area contributed by atoms with Gasteiger partial charge in [0.25, 0.3) is 0 Å². The van der Waals surface area contributed by atoms with Crippen LogP contribution in [0.2, 0.25) is 0 Å². The van der Waals surface area contributed by atoms with Gasteiger partial charge in [0.15, 0.2) is 0 Å². The molecule has 22 heavy (non-hydrogen) atoms. The average Bonchev–Trinajstić information content (AvgIpc) is 2.96. The summed E-state index contributed by atoms with van der Waals surface area (Å²) in [7, 11) is 2.02. The van der Waals surface area contributed by atoms with Gasteiger partial charge >= 0.3 is 0 Å². The van der Waals surface area contributed by atoms with Crippen LogP contribution in [0.5, 0.6) is 0 Å². The quantitative estimate of drug-likeness (QED) is 0.938. The van der Waals surface area contributed by atoms with Gasteiger partial charge in [0, 0.05) is 18.2 Å². The smallest absolute Gasteiger partial charge is 0.241 e. The normalized spacial score (nSPS) is 18.9. The lowest BCUT2D eigenvalue weighted by Crippen LogP contribution is -2.43. The summed E-state index contributed by atoms with van der Waals surface area (Å²) in [6.45, 7) is 4.94. The molecule has 0 amide bonds. The summed E-state index contributed by atoms with van der Waals surface area (Å²) < 4.78 is 5.41. The highest BCUT2D eigenvalue weighted by Gasteiger charge is 2.20. The molecular weight excluding hydrogens is 300 g/mol. The van der Waals surface area contributed by atoms with E-state index in [1.54, 1.807) is 0 Å². The number of nitrogens with zero attached hydrogens (tertiary/aromatic N) is 3. The van der Waals surface area contributed by atoms with E-state index in [0.29, 0.717) is 17.8 Å². The van der Waals surface area contributed by atoms with Crippen LogP contribution in [-0.4, -0.2) is 41.2 Å². The fourth-order valence-corrected chi connectivity index (χ4v) is 2.85. The second-order valence-electron chi connectivity index (χ2n) is 5.74. The highest BCUT2D eigenvalue weighted by atomic mass is 35.5. The average molecular weight is 323 g/mol. The fourth-order valence-electron chi connectivity index (χ4n) is 2.85. The Morgan fingerprint density at radius 2 is 2.27 bits per heavy atom. The molecule has 1 N–H and O–H groups in total. The topological polar surface area (TPSA) is 54.2 Å². The molecule has 0 bridgehead atoms. The molecule has 1 aromatic heterocycles. The second kappa shape index (κ2) is 7.72. The zero-order chi connectivity index (χ0) is 14.7. The zero-order valence-electron chi connectivity index (χ0n) is 13.1. The molecule has 1 fully saturated rings. The van der Waals surface area contributed by atoms with Crippen molar-refractivity contribution in [3.8, 4) is 11.4 Å². The molecule has 1 unspecified atom stereocenters. The Hall–Kier alpha value is -1.43. The first kappa shape index (κ1) is 16.9. The van der Waals surface area contributed by atoms with E-state index in [-0.39, 0.29) is 12.4 Å². The number of likely N-dealkylation sites (tertiary alicyclic amines) is 1. The molecule has 1 aliphatic heterocycles. The Morgan fingerprint density at radius 1 is 1.41 bits per heavy atom. The molecule has 120 valence electrons. The molecule has 0 radical (unpaired) electrons. The van der Waals surface area contributed by atoms with Crippen LogP contribution in [0.4, 0.5) is 0 Å². The van der Waals surface area contributed by atoms with Crippen LogP contribution in [0, 0.1) is 6.92 Å². The Bertz CT molecular complexity index is 601. The molecule has 3 rings (SSSR count). The van der Waals surface area contributed by atoms with Crippen molar-refractivity contribution in [2.24, 2.45) is 0 Å². The summed E-state index contributed by atoms with van der Waals surface area (Å²) in [6.07, 6.45) is 2.45. The molecule has 2 aromatic rings.